The molecule has 1 aliphatic carbocycles. The van der Waals surface area contributed by atoms with Crippen molar-refractivity contribution in [2.75, 3.05) is 7.11 Å². The van der Waals surface area contributed by atoms with Gasteiger partial charge in [0.05, 0.1) is 17.9 Å². The Hall–Kier alpha value is -1.73. The second-order valence-electron chi connectivity index (χ2n) is 6.95. The van der Waals surface area contributed by atoms with E-state index in [1.807, 2.05) is 6.92 Å². The van der Waals surface area contributed by atoms with Gasteiger partial charge in [0.1, 0.15) is 5.75 Å². The van der Waals surface area contributed by atoms with Crippen molar-refractivity contribution in [3.63, 3.8) is 0 Å². The Morgan fingerprint density at radius 2 is 2.19 bits per heavy atom. The van der Waals surface area contributed by atoms with Gasteiger partial charge in [-0.1, -0.05) is 43.1 Å². The first kappa shape index (κ1) is 20.0. The molecule has 146 valence electrons. The van der Waals surface area contributed by atoms with Crippen LogP contribution >= 0.6 is 23.4 Å². The van der Waals surface area contributed by atoms with Gasteiger partial charge in [-0.15, -0.1) is 5.10 Å². The Kier molecular flexibility index (Phi) is 6.65. The van der Waals surface area contributed by atoms with Crippen LogP contribution in [0.1, 0.15) is 39.5 Å². The highest BCUT2D eigenvalue weighted by molar-refractivity contribution is 8.00. The SMILES string of the molecule is COc1ccc(Cl)cc1-c1nc(SC(C)C(=O)NC2CCCCC2C)n[nH]1. The summed E-state index contributed by atoms with van der Waals surface area (Å²) in [6.07, 6.45) is 4.68. The highest BCUT2D eigenvalue weighted by atomic mass is 35.5. The zero-order chi connectivity index (χ0) is 19.4. The van der Waals surface area contributed by atoms with E-state index in [1.165, 1.54) is 31.0 Å². The molecule has 2 aromatic rings. The van der Waals surface area contributed by atoms with Gasteiger partial charge in [0.2, 0.25) is 11.1 Å². The number of halogens is 1. The fraction of sp³-hybridized carbons (Fsp3) is 0.526. The number of H-pyrrole nitrogens is 1. The quantitative estimate of drug-likeness (QED) is 0.696. The lowest BCUT2D eigenvalue weighted by Gasteiger charge is -2.30. The second kappa shape index (κ2) is 8.97. The highest BCUT2D eigenvalue weighted by Crippen LogP contribution is 2.32. The fourth-order valence-corrected chi connectivity index (χ4v) is 4.23. The van der Waals surface area contributed by atoms with E-state index in [-0.39, 0.29) is 17.2 Å². The van der Waals surface area contributed by atoms with Crippen LogP contribution in [0.2, 0.25) is 5.02 Å². The maximum atomic E-state index is 12.5. The van der Waals surface area contributed by atoms with Crippen LogP contribution in [0.15, 0.2) is 23.4 Å². The molecule has 0 aliphatic heterocycles. The van der Waals surface area contributed by atoms with Crippen LogP contribution in [0.25, 0.3) is 11.4 Å². The van der Waals surface area contributed by atoms with E-state index < -0.39 is 0 Å². The van der Waals surface area contributed by atoms with E-state index >= 15 is 0 Å². The number of methoxy groups -OCH3 is 1. The molecule has 27 heavy (non-hydrogen) atoms. The van der Waals surface area contributed by atoms with Crippen molar-refractivity contribution in [1.29, 1.82) is 0 Å². The summed E-state index contributed by atoms with van der Waals surface area (Å²) >= 11 is 7.42. The number of nitrogens with one attached hydrogen (secondary N) is 2. The molecule has 1 aromatic heterocycles. The molecule has 0 bridgehead atoms. The Bertz CT molecular complexity index is 798. The molecule has 0 radical (unpaired) electrons. The van der Waals surface area contributed by atoms with Gasteiger partial charge in [0, 0.05) is 11.1 Å². The van der Waals surface area contributed by atoms with Crippen LogP contribution in [0.5, 0.6) is 5.75 Å². The minimum atomic E-state index is -0.274. The molecular formula is C19H25ClN4O2S. The predicted molar refractivity (Wildman–Crippen MR) is 108 cm³/mol. The number of nitrogens with zero attached hydrogens (tertiary/aromatic N) is 2. The largest absolute Gasteiger partial charge is 0.496 e. The van der Waals surface area contributed by atoms with Crippen molar-refractivity contribution in [1.82, 2.24) is 20.5 Å². The minimum absolute atomic E-state index is 0.0328. The average Bonchev–Trinajstić information content (AvgIpc) is 3.11. The zero-order valence-electron chi connectivity index (χ0n) is 15.8. The van der Waals surface area contributed by atoms with Gasteiger partial charge >= 0.3 is 0 Å². The second-order valence-corrected chi connectivity index (χ2v) is 8.69. The molecule has 1 aromatic carbocycles. The Balaban J connectivity index is 1.65. The average molecular weight is 409 g/mol. The van der Waals surface area contributed by atoms with Gasteiger partial charge in [-0.05, 0) is 43.9 Å². The van der Waals surface area contributed by atoms with E-state index in [2.05, 4.69) is 27.4 Å². The van der Waals surface area contributed by atoms with Gasteiger partial charge in [0.15, 0.2) is 5.82 Å². The van der Waals surface area contributed by atoms with E-state index in [0.29, 0.717) is 27.7 Å². The molecule has 0 saturated heterocycles. The summed E-state index contributed by atoms with van der Waals surface area (Å²) in [6.45, 7) is 4.09. The lowest BCUT2D eigenvalue weighted by atomic mass is 9.86. The summed E-state index contributed by atoms with van der Waals surface area (Å²) in [5, 5.41) is 11.2. The van der Waals surface area contributed by atoms with Gasteiger partial charge in [-0.25, -0.2) is 4.98 Å². The third kappa shape index (κ3) is 4.96. The molecule has 6 nitrogen and oxygen atoms in total. The smallest absolute Gasteiger partial charge is 0.233 e. The first-order valence-electron chi connectivity index (χ1n) is 9.21. The Labute approximate surface area is 168 Å². The van der Waals surface area contributed by atoms with Crippen molar-refractivity contribution in [2.24, 2.45) is 5.92 Å². The number of benzene rings is 1. The number of amides is 1. The Morgan fingerprint density at radius 1 is 1.41 bits per heavy atom. The van der Waals surface area contributed by atoms with E-state index in [1.54, 1.807) is 25.3 Å². The minimum Gasteiger partial charge on any atom is -0.496 e. The first-order chi connectivity index (χ1) is 13.0. The maximum Gasteiger partial charge on any atom is 0.233 e. The lowest BCUT2D eigenvalue weighted by molar-refractivity contribution is -0.121. The van der Waals surface area contributed by atoms with Crippen LogP contribution in [-0.2, 0) is 4.79 Å². The standard InChI is InChI=1S/C19H25ClN4O2S/c1-11-6-4-5-7-15(11)21-18(25)12(2)27-19-22-17(23-24-19)14-10-13(20)8-9-16(14)26-3/h8-12,15H,4-7H2,1-3H3,(H,21,25)(H,22,23,24). The third-order valence-corrected chi connectivity index (χ3v) is 6.17. The van der Waals surface area contributed by atoms with E-state index in [9.17, 15) is 4.79 Å². The number of aromatic amines is 1. The number of carbonyl (C=O) groups is 1. The van der Waals surface area contributed by atoms with Gasteiger partial charge in [-0.2, -0.15) is 0 Å². The van der Waals surface area contributed by atoms with Crippen molar-refractivity contribution < 1.29 is 9.53 Å². The Morgan fingerprint density at radius 3 is 2.93 bits per heavy atom. The molecule has 1 amide bonds. The van der Waals surface area contributed by atoms with Gasteiger partial charge in [0.25, 0.3) is 0 Å². The van der Waals surface area contributed by atoms with E-state index in [0.717, 1.165) is 12.0 Å². The number of aromatic nitrogens is 3. The van der Waals surface area contributed by atoms with Gasteiger partial charge in [-0.3, -0.25) is 9.89 Å². The summed E-state index contributed by atoms with van der Waals surface area (Å²) in [6, 6.07) is 5.59. The molecular weight excluding hydrogens is 384 g/mol. The summed E-state index contributed by atoms with van der Waals surface area (Å²) in [4.78, 5) is 17.0. The molecule has 2 N–H and O–H groups in total. The fourth-order valence-electron chi connectivity index (χ4n) is 3.33. The topological polar surface area (TPSA) is 79.9 Å². The molecule has 8 heteroatoms. The lowest BCUT2D eigenvalue weighted by Crippen LogP contribution is -2.44. The third-order valence-electron chi connectivity index (χ3n) is 4.97. The zero-order valence-corrected chi connectivity index (χ0v) is 17.4. The number of hydrogen-bond acceptors (Lipinski definition) is 5. The number of thioether (sulfide) groups is 1. The summed E-state index contributed by atoms with van der Waals surface area (Å²) in [7, 11) is 1.59. The molecule has 3 unspecified atom stereocenters. The predicted octanol–water partition coefficient (Wildman–Crippen LogP) is 4.31. The van der Waals surface area contributed by atoms with Crippen LogP contribution in [0, 0.1) is 5.92 Å². The number of hydrogen-bond donors (Lipinski definition) is 2. The molecule has 1 heterocycles. The number of ether oxygens (including phenoxy) is 1. The molecule has 1 saturated carbocycles. The van der Waals surface area contributed by atoms with Crippen LogP contribution in [0.4, 0.5) is 0 Å². The summed E-state index contributed by atoms with van der Waals surface area (Å²) in [5.74, 6) is 1.78. The van der Waals surface area contributed by atoms with Crippen molar-refractivity contribution in [3.05, 3.63) is 23.2 Å². The monoisotopic (exact) mass is 408 g/mol. The molecule has 1 fully saturated rings. The van der Waals surface area contributed by atoms with Crippen molar-refractivity contribution >= 4 is 29.3 Å². The van der Waals surface area contributed by atoms with Crippen molar-refractivity contribution in [2.45, 2.75) is 56.0 Å². The highest BCUT2D eigenvalue weighted by Gasteiger charge is 2.26. The molecule has 0 spiro atoms. The number of carbonyl (C=O) groups excluding carboxylic acids is 1. The number of rotatable bonds is 6. The molecule has 3 atom stereocenters. The first-order valence-corrected chi connectivity index (χ1v) is 10.5. The maximum absolute atomic E-state index is 12.5. The summed E-state index contributed by atoms with van der Waals surface area (Å²) in [5.41, 5.74) is 0.734. The van der Waals surface area contributed by atoms with Crippen molar-refractivity contribution in [3.8, 4) is 17.1 Å². The van der Waals surface area contributed by atoms with Crippen LogP contribution in [-0.4, -0.2) is 39.5 Å². The van der Waals surface area contributed by atoms with Crippen LogP contribution in [0.3, 0.4) is 0 Å². The van der Waals surface area contributed by atoms with E-state index in [4.69, 9.17) is 16.3 Å². The normalized spacial score (nSPS) is 20.9. The molecule has 1 aliphatic rings. The van der Waals surface area contributed by atoms with Gasteiger partial charge < -0.3 is 10.1 Å². The van der Waals surface area contributed by atoms with Crippen LogP contribution < -0.4 is 10.1 Å². The molecule has 3 rings (SSSR count). The summed E-state index contributed by atoms with van der Waals surface area (Å²) < 4.78 is 5.36.